The van der Waals surface area contributed by atoms with Crippen LogP contribution in [0.25, 0.3) is 0 Å². The van der Waals surface area contributed by atoms with Gasteiger partial charge in [-0.1, -0.05) is 103 Å². The number of aliphatic hydroxyl groups is 1. The van der Waals surface area contributed by atoms with Crippen molar-refractivity contribution in [1.82, 2.24) is 15.0 Å². The van der Waals surface area contributed by atoms with Crippen LogP contribution in [-0.2, 0) is 33.0 Å². The molecule has 0 bridgehead atoms. The number of para-hydroxylation sites is 1. The number of β-lactam (4-membered cyclic amide) rings is 1. The topological polar surface area (TPSA) is 110 Å². The fourth-order valence-electron chi connectivity index (χ4n) is 9.18. The second-order valence-corrected chi connectivity index (χ2v) is 20.1. The van der Waals surface area contributed by atoms with Crippen molar-refractivity contribution in [3.63, 3.8) is 0 Å². The first-order valence-electron chi connectivity index (χ1n) is 18.8. The number of rotatable bonds is 12. The van der Waals surface area contributed by atoms with Gasteiger partial charge in [-0.15, -0.1) is 5.10 Å². The van der Waals surface area contributed by atoms with Gasteiger partial charge in [-0.25, -0.2) is 0 Å². The van der Waals surface area contributed by atoms with E-state index in [4.69, 9.17) is 9.47 Å². The monoisotopic (exact) mass is 741 g/mol. The number of nitrogens with zero attached hydrogens (tertiary/aromatic N) is 5. The zero-order valence-electron chi connectivity index (χ0n) is 31.3. The largest absolute Gasteiger partial charge is 0.497 e. The van der Waals surface area contributed by atoms with E-state index in [1.807, 2.05) is 101 Å². The fourth-order valence-corrected chi connectivity index (χ4v) is 13.2. The highest BCUT2D eigenvalue weighted by Crippen LogP contribution is 2.60. The third-order valence-electron chi connectivity index (χ3n) is 12.1. The Morgan fingerprint density at radius 3 is 2.44 bits per heavy atom. The van der Waals surface area contributed by atoms with Gasteiger partial charge in [0.2, 0.25) is 5.91 Å². The van der Waals surface area contributed by atoms with Gasteiger partial charge in [0.15, 0.2) is 5.60 Å². The summed E-state index contributed by atoms with van der Waals surface area (Å²) >= 11 is 0. The molecule has 5 atom stereocenters. The Hall–Kier alpha value is -5.10. The molecule has 0 radical (unpaired) electrons. The SMILES string of the molecule is COc1ccc([Si](C)(C)[C@@H]2[C@@H](CCn3cc(C(CO)c4ccccc4)nn3)O[C@]3(C(=O)N(Cc4cccc(N5CCC5=O)c4)c4ccccc43)[C@H]2C)cc1. The zero-order valence-corrected chi connectivity index (χ0v) is 32.3. The number of benzene rings is 4. The molecule has 54 heavy (non-hydrogen) atoms. The Balaban J connectivity index is 1.13. The number of aryl methyl sites for hydroxylation is 1. The summed E-state index contributed by atoms with van der Waals surface area (Å²) in [7, 11) is -0.662. The molecular formula is C43H47N5O5Si. The third-order valence-corrected chi connectivity index (χ3v) is 16.5. The van der Waals surface area contributed by atoms with Gasteiger partial charge in [0.25, 0.3) is 5.91 Å². The molecular weight excluding hydrogens is 695 g/mol. The molecule has 2 fully saturated rings. The second-order valence-electron chi connectivity index (χ2n) is 15.4. The number of carbonyl (C=O) groups excluding carboxylic acids is 2. The van der Waals surface area contributed by atoms with Crippen LogP contribution in [0.1, 0.15) is 48.1 Å². The van der Waals surface area contributed by atoms with Crippen molar-refractivity contribution in [3.05, 3.63) is 132 Å². The number of anilines is 2. The Morgan fingerprint density at radius 1 is 0.981 bits per heavy atom. The number of aromatic nitrogens is 3. The molecule has 5 aromatic rings. The van der Waals surface area contributed by atoms with Crippen LogP contribution in [0.5, 0.6) is 5.75 Å². The second kappa shape index (κ2) is 14.3. The lowest BCUT2D eigenvalue weighted by Gasteiger charge is -2.37. The molecule has 4 aromatic carbocycles. The molecule has 8 rings (SSSR count). The Bertz CT molecular complexity index is 2160. The molecule has 4 heterocycles. The van der Waals surface area contributed by atoms with Gasteiger partial charge in [0.1, 0.15) is 5.75 Å². The summed E-state index contributed by atoms with van der Waals surface area (Å²) in [6.07, 6.45) is 2.86. The van der Waals surface area contributed by atoms with Crippen LogP contribution >= 0.6 is 0 Å². The van der Waals surface area contributed by atoms with Crippen molar-refractivity contribution in [3.8, 4) is 5.75 Å². The highest BCUT2D eigenvalue weighted by atomic mass is 28.3. The van der Waals surface area contributed by atoms with E-state index in [0.717, 1.165) is 33.8 Å². The first-order valence-corrected chi connectivity index (χ1v) is 21.9. The molecule has 278 valence electrons. The molecule has 11 heteroatoms. The normalized spacial score (nSPS) is 22.8. The van der Waals surface area contributed by atoms with Crippen molar-refractivity contribution in [2.45, 2.75) is 69.1 Å². The van der Waals surface area contributed by atoms with Gasteiger partial charge in [0, 0.05) is 42.9 Å². The minimum absolute atomic E-state index is 0.0506. The van der Waals surface area contributed by atoms with E-state index in [0.29, 0.717) is 38.2 Å². The molecule has 2 saturated heterocycles. The molecule has 1 aromatic heterocycles. The fraction of sp³-hybridized carbons (Fsp3) is 0.349. The predicted octanol–water partition coefficient (Wildman–Crippen LogP) is 6.00. The summed E-state index contributed by atoms with van der Waals surface area (Å²) in [5.74, 6) is 0.465. The van der Waals surface area contributed by atoms with Crippen LogP contribution in [0.3, 0.4) is 0 Å². The molecule has 10 nitrogen and oxygen atoms in total. The van der Waals surface area contributed by atoms with E-state index in [-0.39, 0.29) is 41.9 Å². The smallest absolute Gasteiger partial charge is 0.264 e. The average Bonchev–Trinajstić information content (AvgIpc) is 3.84. The summed E-state index contributed by atoms with van der Waals surface area (Å²) in [5.41, 5.74) is 4.18. The predicted molar refractivity (Wildman–Crippen MR) is 211 cm³/mol. The van der Waals surface area contributed by atoms with Crippen LogP contribution in [0.15, 0.2) is 109 Å². The van der Waals surface area contributed by atoms with Crippen LogP contribution in [0.4, 0.5) is 11.4 Å². The Morgan fingerprint density at radius 2 is 1.74 bits per heavy atom. The highest BCUT2D eigenvalue weighted by molar-refractivity contribution is 6.91. The van der Waals surface area contributed by atoms with E-state index in [1.165, 1.54) is 5.19 Å². The lowest BCUT2D eigenvalue weighted by atomic mass is 9.82. The van der Waals surface area contributed by atoms with E-state index in [2.05, 4.69) is 48.5 Å². The van der Waals surface area contributed by atoms with Gasteiger partial charge < -0.3 is 24.4 Å². The van der Waals surface area contributed by atoms with Crippen LogP contribution in [0, 0.1) is 5.92 Å². The minimum Gasteiger partial charge on any atom is -0.497 e. The van der Waals surface area contributed by atoms with Crippen molar-refractivity contribution in [2.24, 2.45) is 5.92 Å². The Labute approximate surface area is 317 Å². The molecule has 1 N–H and O–H groups in total. The van der Waals surface area contributed by atoms with Crippen molar-refractivity contribution < 1.29 is 24.2 Å². The average molecular weight is 742 g/mol. The number of amides is 2. The first-order chi connectivity index (χ1) is 26.1. The summed E-state index contributed by atoms with van der Waals surface area (Å²) in [6.45, 7) is 8.52. The molecule has 1 unspecified atom stereocenters. The summed E-state index contributed by atoms with van der Waals surface area (Å²) in [4.78, 5) is 31.1. The number of fused-ring (bicyclic) bond motifs is 2. The van der Waals surface area contributed by atoms with Crippen LogP contribution in [0.2, 0.25) is 18.6 Å². The number of aliphatic hydroxyl groups excluding tert-OH is 1. The molecule has 1 spiro atoms. The Kier molecular flexibility index (Phi) is 9.49. The summed E-state index contributed by atoms with van der Waals surface area (Å²) in [6, 6.07) is 34.3. The maximum absolute atomic E-state index is 15.2. The zero-order chi connectivity index (χ0) is 37.6. The van der Waals surface area contributed by atoms with E-state index < -0.39 is 13.7 Å². The summed E-state index contributed by atoms with van der Waals surface area (Å²) < 4.78 is 14.7. The summed E-state index contributed by atoms with van der Waals surface area (Å²) in [5, 5.41) is 20.5. The maximum atomic E-state index is 15.2. The first kappa shape index (κ1) is 35.9. The number of hydrogen-bond donors (Lipinski definition) is 1. The lowest BCUT2D eigenvalue weighted by molar-refractivity contribution is -0.146. The van der Waals surface area contributed by atoms with Crippen molar-refractivity contribution in [2.75, 3.05) is 30.1 Å². The van der Waals surface area contributed by atoms with Gasteiger partial charge >= 0.3 is 0 Å². The van der Waals surface area contributed by atoms with Crippen LogP contribution < -0.4 is 19.7 Å². The van der Waals surface area contributed by atoms with E-state index >= 15 is 4.79 Å². The van der Waals surface area contributed by atoms with Gasteiger partial charge in [-0.2, -0.15) is 0 Å². The standard InChI is InChI=1S/C43H47N5O5Si/c1-29-41(54(3,4)34-19-17-33(52-2)18-20-34)39(21-23-46-27-37(44-45-46)35(28-49)31-12-6-5-7-13-31)53-43(29)36-15-8-9-16-38(36)48(42(43)51)26-30-11-10-14-32(25-30)47-24-22-40(47)50/h5-20,25,27,29,35,39,41,49H,21-24,26,28H2,1-4H3/t29-,35?,39+,41-,43+/m0/s1. The molecule has 0 aliphatic carbocycles. The van der Waals surface area contributed by atoms with Gasteiger partial charge in [-0.05, 0) is 53.4 Å². The number of hydrogen-bond acceptors (Lipinski definition) is 7. The molecule has 3 aliphatic heterocycles. The molecule has 3 aliphatic rings. The molecule has 2 amide bonds. The lowest BCUT2D eigenvalue weighted by Crippen LogP contribution is -2.51. The van der Waals surface area contributed by atoms with Crippen LogP contribution in [-0.4, -0.2) is 66.4 Å². The van der Waals surface area contributed by atoms with E-state index in [9.17, 15) is 9.90 Å². The van der Waals surface area contributed by atoms with Gasteiger partial charge in [-0.3, -0.25) is 14.3 Å². The number of methoxy groups -OCH3 is 1. The number of carbonyl (C=O) groups is 2. The van der Waals surface area contributed by atoms with E-state index in [1.54, 1.807) is 12.0 Å². The highest BCUT2D eigenvalue weighted by Gasteiger charge is 2.66. The number of ether oxygens (including phenoxy) is 2. The molecule has 0 saturated carbocycles. The van der Waals surface area contributed by atoms with Gasteiger partial charge in [0.05, 0.1) is 51.7 Å². The van der Waals surface area contributed by atoms with Crippen molar-refractivity contribution >= 4 is 36.4 Å². The third kappa shape index (κ3) is 6.04. The quantitative estimate of drug-likeness (QED) is 0.123. The maximum Gasteiger partial charge on any atom is 0.264 e. The minimum atomic E-state index is -2.34. The van der Waals surface area contributed by atoms with Crippen molar-refractivity contribution in [1.29, 1.82) is 0 Å².